The van der Waals surface area contributed by atoms with Crippen LogP contribution in [0.15, 0.2) is 41.3 Å². The van der Waals surface area contributed by atoms with Crippen molar-refractivity contribution in [3.63, 3.8) is 0 Å². The second-order valence-corrected chi connectivity index (χ2v) is 3.57. The molecule has 0 spiro atoms. The van der Waals surface area contributed by atoms with Gasteiger partial charge in [-0.3, -0.25) is 0 Å². The van der Waals surface area contributed by atoms with Gasteiger partial charge in [0, 0.05) is 4.90 Å². The fourth-order valence-electron chi connectivity index (χ4n) is 1.37. The summed E-state index contributed by atoms with van der Waals surface area (Å²) in [4.78, 5) is 11.6. The van der Waals surface area contributed by atoms with E-state index in [0.29, 0.717) is 5.56 Å². The molecule has 2 rings (SSSR count). The molecule has 0 bridgehead atoms. The van der Waals surface area contributed by atoms with E-state index < -0.39 is 5.97 Å². The summed E-state index contributed by atoms with van der Waals surface area (Å²) in [6.45, 7) is 0. The summed E-state index contributed by atoms with van der Waals surface area (Å²) in [5.41, 5.74) is 0.310. The van der Waals surface area contributed by atoms with E-state index in [1.54, 1.807) is 18.2 Å². The molecule has 0 aromatic heterocycles. The summed E-state index contributed by atoms with van der Waals surface area (Å²) < 4.78 is 0. The van der Waals surface area contributed by atoms with Crippen molar-refractivity contribution in [3.05, 3.63) is 42.0 Å². The van der Waals surface area contributed by atoms with Crippen LogP contribution in [0.4, 0.5) is 0 Å². The largest absolute Gasteiger partial charge is 1.00 e. The van der Waals surface area contributed by atoms with Crippen molar-refractivity contribution in [2.24, 2.45) is 0 Å². The number of hydrogen-bond donors (Lipinski definition) is 2. The van der Waals surface area contributed by atoms with Crippen LogP contribution < -0.4 is 59.1 Å². The minimum Gasteiger partial charge on any atom is -1.00 e. The summed E-state index contributed by atoms with van der Waals surface area (Å²) in [5, 5.41) is 10.7. The maximum absolute atomic E-state index is 10.7. The fraction of sp³-hybridized carbons (Fsp3) is 0. The Labute approximate surface area is 146 Å². The van der Waals surface area contributed by atoms with Gasteiger partial charge in [0.25, 0.3) is 0 Å². The molecule has 5 heteroatoms. The van der Waals surface area contributed by atoms with Gasteiger partial charge in [0.1, 0.15) is 0 Å². The third-order valence-electron chi connectivity index (χ3n) is 2.07. The molecule has 0 fully saturated rings. The van der Waals surface area contributed by atoms with Crippen LogP contribution in [0.25, 0.3) is 10.8 Å². The van der Waals surface area contributed by atoms with Gasteiger partial charge in [-0.2, -0.15) is 0 Å². The van der Waals surface area contributed by atoms with Gasteiger partial charge >= 0.3 is 65.1 Å². The molecule has 0 amide bonds. The van der Waals surface area contributed by atoms with Crippen molar-refractivity contribution in [2.75, 3.05) is 0 Å². The molecule has 2 aromatic carbocycles. The first-order valence-electron chi connectivity index (χ1n) is 4.13. The van der Waals surface area contributed by atoms with Crippen LogP contribution >= 0.6 is 12.6 Å². The zero-order chi connectivity index (χ0) is 10.1. The maximum atomic E-state index is 10.7. The number of carboxylic acid groups (broad SMARTS) is 1. The average molecular weight is 252 g/mol. The number of rotatable bonds is 1. The maximum Gasteiger partial charge on any atom is 1.00 e. The van der Waals surface area contributed by atoms with Crippen molar-refractivity contribution >= 4 is 29.4 Å². The van der Waals surface area contributed by atoms with E-state index >= 15 is 0 Å². The summed E-state index contributed by atoms with van der Waals surface area (Å²) >= 11 is 4.21. The topological polar surface area (TPSA) is 37.3 Å². The predicted molar refractivity (Wildman–Crippen MR) is 60.4 cm³/mol. The van der Waals surface area contributed by atoms with Gasteiger partial charge in [0.05, 0.1) is 5.56 Å². The normalized spacial score (nSPS) is 9.06. The predicted octanol–water partition coefficient (Wildman–Crippen LogP) is -2.94. The van der Waals surface area contributed by atoms with Crippen LogP contribution in [-0.2, 0) is 0 Å². The molecule has 0 aliphatic heterocycles. The Morgan fingerprint density at radius 3 is 2.25 bits per heavy atom. The Kier molecular flexibility index (Phi) is 7.30. The van der Waals surface area contributed by atoms with Crippen molar-refractivity contribution < 1.29 is 71.9 Å². The van der Waals surface area contributed by atoms with Gasteiger partial charge < -0.3 is 7.96 Å². The number of hydrogen-bond acceptors (Lipinski definition) is 2. The van der Waals surface area contributed by atoms with Crippen LogP contribution in [0.3, 0.4) is 0 Å². The van der Waals surface area contributed by atoms with Crippen molar-refractivity contribution in [3.8, 4) is 0 Å². The van der Waals surface area contributed by atoms with Gasteiger partial charge in [-0.05, 0) is 35.0 Å². The SMILES string of the molecule is O=C(O)c1ccc2cc(S)ccc2c1.[H-].[H-].[Na+].[Na+]. The average Bonchev–Trinajstić information content (AvgIpc) is 2.16. The third kappa shape index (κ3) is 3.77. The zero-order valence-electron chi connectivity index (χ0n) is 11.3. The first kappa shape index (κ1) is 16.5. The molecule has 16 heavy (non-hydrogen) atoms. The van der Waals surface area contributed by atoms with E-state index in [-0.39, 0.29) is 62.0 Å². The number of aromatic carboxylic acids is 1. The zero-order valence-corrected chi connectivity index (χ0v) is 14.2. The van der Waals surface area contributed by atoms with Gasteiger partial charge in [0.15, 0.2) is 0 Å². The molecule has 0 saturated heterocycles. The summed E-state index contributed by atoms with van der Waals surface area (Å²) in [7, 11) is 0. The summed E-state index contributed by atoms with van der Waals surface area (Å²) in [6.07, 6.45) is 0. The molecular formula is C11H10Na2O2S. The number of thiol groups is 1. The van der Waals surface area contributed by atoms with E-state index in [1.807, 2.05) is 18.2 Å². The van der Waals surface area contributed by atoms with Crippen molar-refractivity contribution in [2.45, 2.75) is 4.90 Å². The minimum atomic E-state index is -0.901. The van der Waals surface area contributed by atoms with E-state index in [2.05, 4.69) is 12.6 Å². The molecule has 0 atom stereocenters. The van der Waals surface area contributed by atoms with E-state index in [0.717, 1.165) is 15.7 Å². The molecule has 0 radical (unpaired) electrons. The molecule has 0 aliphatic carbocycles. The van der Waals surface area contributed by atoms with Crippen LogP contribution in [-0.4, -0.2) is 11.1 Å². The number of benzene rings is 2. The summed E-state index contributed by atoms with van der Waals surface area (Å²) in [5.74, 6) is -0.901. The first-order valence-corrected chi connectivity index (χ1v) is 4.57. The molecule has 0 aliphatic rings. The molecule has 2 nitrogen and oxygen atoms in total. The molecule has 2 aromatic rings. The second kappa shape index (κ2) is 7.07. The molecule has 0 saturated carbocycles. The second-order valence-electron chi connectivity index (χ2n) is 3.05. The molecular weight excluding hydrogens is 242 g/mol. The van der Waals surface area contributed by atoms with Gasteiger partial charge in [-0.15, -0.1) is 12.6 Å². The first-order chi connectivity index (χ1) is 6.66. The summed E-state index contributed by atoms with van der Waals surface area (Å²) in [6, 6.07) is 10.7. The molecule has 74 valence electrons. The Morgan fingerprint density at radius 2 is 1.62 bits per heavy atom. The fourth-order valence-corrected chi connectivity index (χ4v) is 1.58. The van der Waals surface area contributed by atoms with Crippen LogP contribution in [0.5, 0.6) is 0 Å². The number of carboxylic acids is 1. The Bertz CT molecular complexity index is 523. The third-order valence-corrected chi connectivity index (χ3v) is 2.35. The monoisotopic (exact) mass is 252 g/mol. The quantitative estimate of drug-likeness (QED) is 0.421. The minimum absolute atomic E-state index is 0. The van der Waals surface area contributed by atoms with Crippen molar-refractivity contribution in [1.29, 1.82) is 0 Å². The van der Waals surface area contributed by atoms with Gasteiger partial charge in [0.2, 0.25) is 0 Å². The standard InChI is InChI=1S/C11H8O2S.2Na.2H/c12-11(13)9-2-1-8-6-10(14)4-3-7(8)5-9;;;;/h1-6,14H,(H,12,13);;;;/q;2*+1;2*-1. The molecule has 0 heterocycles. The number of carbonyl (C=O) groups is 1. The Hall–Kier alpha value is 0.520. The number of fused-ring (bicyclic) bond motifs is 1. The van der Waals surface area contributed by atoms with Gasteiger partial charge in [-0.25, -0.2) is 4.79 Å². The molecule has 0 unspecified atom stereocenters. The van der Waals surface area contributed by atoms with E-state index in [9.17, 15) is 4.79 Å². The van der Waals surface area contributed by atoms with E-state index in [4.69, 9.17) is 5.11 Å². The van der Waals surface area contributed by atoms with Gasteiger partial charge in [-0.1, -0.05) is 12.1 Å². The Balaban J connectivity index is -0.000000562. The van der Waals surface area contributed by atoms with Crippen molar-refractivity contribution in [1.82, 2.24) is 0 Å². The Morgan fingerprint density at radius 1 is 1.06 bits per heavy atom. The van der Waals surface area contributed by atoms with Crippen LogP contribution in [0, 0.1) is 0 Å². The van der Waals surface area contributed by atoms with Crippen LogP contribution in [0.1, 0.15) is 13.2 Å². The molecule has 1 N–H and O–H groups in total. The smallest absolute Gasteiger partial charge is 1.00 e. The van der Waals surface area contributed by atoms with E-state index in [1.165, 1.54) is 0 Å². The van der Waals surface area contributed by atoms with Crippen LogP contribution in [0.2, 0.25) is 0 Å².